The fraction of sp³-hybridized carbons (Fsp3) is 0.316. The molecule has 4 rings (SSSR count). The van der Waals surface area contributed by atoms with Gasteiger partial charge in [0.05, 0.1) is 10.6 Å². The summed E-state index contributed by atoms with van der Waals surface area (Å²) in [5, 5.41) is 0. The molecular formula is C19H19FN2O3S. The van der Waals surface area contributed by atoms with E-state index < -0.39 is 15.8 Å². The van der Waals surface area contributed by atoms with Gasteiger partial charge in [-0.2, -0.15) is 0 Å². The van der Waals surface area contributed by atoms with E-state index in [-0.39, 0.29) is 22.4 Å². The van der Waals surface area contributed by atoms with Gasteiger partial charge in [0.25, 0.3) is 5.91 Å². The molecule has 136 valence electrons. The number of hydrogen-bond acceptors (Lipinski definition) is 3. The number of carbonyl (C=O) groups is 1. The number of carbonyl (C=O) groups excluding carboxylic acids is 1. The zero-order valence-corrected chi connectivity index (χ0v) is 14.9. The Labute approximate surface area is 151 Å². The van der Waals surface area contributed by atoms with Crippen LogP contribution in [0.1, 0.15) is 35.2 Å². The van der Waals surface area contributed by atoms with Gasteiger partial charge in [0.1, 0.15) is 5.82 Å². The summed E-state index contributed by atoms with van der Waals surface area (Å²) in [7, 11) is -3.65. The summed E-state index contributed by atoms with van der Waals surface area (Å²) in [6, 6.07) is 10.7. The Morgan fingerprint density at radius 1 is 1.15 bits per heavy atom. The third-order valence-electron chi connectivity index (χ3n) is 4.70. The Morgan fingerprint density at radius 2 is 1.92 bits per heavy atom. The summed E-state index contributed by atoms with van der Waals surface area (Å²) < 4.78 is 41.7. The van der Waals surface area contributed by atoms with Crippen molar-refractivity contribution in [3.63, 3.8) is 0 Å². The average Bonchev–Trinajstić information content (AvgIpc) is 3.44. The number of halogens is 1. The number of amides is 1. The van der Waals surface area contributed by atoms with E-state index in [0.29, 0.717) is 12.2 Å². The Balaban J connectivity index is 1.67. The van der Waals surface area contributed by atoms with Gasteiger partial charge in [0.15, 0.2) is 0 Å². The number of para-hydroxylation sites is 1. The van der Waals surface area contributed by atoms with Crippen LogP contribution < -0.4 is 9.62 Å². The number of benzene rings is 2. The first-order valence-corrected chi connectivity index (χ1v) is 10.2. The molecule has 0 saturated heterocycles. The first-order valence-electron chi connectivity index (χ1n) is 8.67. The molecule has 1 aliphatic carbocycles. The lowest BCUT2D eigenvalue weighted by Gasteiger charge is -2.30. The van der Waals surface area contributed by atoms with Gasteiger partial charge in [-0.15, -0.1) is 0 Å². The quantitative estimate of drug-likeness (QED) is 0.895. The molecule has 2 aliphatic rings. The number of anilines is 1. The number of rotatable bonds is 4. The molecule has 7 heteroatoms. The summed E-state index contributed by atoms with van der Waals surface area (Å²) in [4.78, 5) is 14.4. The summed E-state index contributed by atoms with van der Waals surface area (Å²) >= 11 is 0. The first-order chi connectivity index (χ1) is 12.5. The maximum absolute atomic E-state index is 14.3. The lowest BCUT2D eigenvalue weighted by atomic mass is 10.0. The molecular weight excluding hydrogens is 355 g/mol. The molecule has 2 aromatic rings. The number of aryl methyl sites for hydroxylation is 1. The van der Waals surface area contributed by atoms with Crippen molar-refractivity contribution in [2.75, 3.05) is 11.4 Å². The van der Waals surface area contributed by atoms with Crippen molar-refractivity contribution in [1.29, 1.82) is 0 Å². The molecule has 26 heavy (non-hydrogen) atoms. The van der Waals surface area contributed by atoms with Crippen LogP contribution in [0, 0.1) is 5.82 Å². The minimum Gasteiger partial charge on any atom is -0.305 e. The number of nitrogens with one attached hydrogen (secondary N) is 1. The highest BCUT2D eigenvalue weighted by Gasteiger charge is 2.30. The molecule has 0 bridgehead atoms. The van der Waals surface area contributed by atoms with Crippen LogP contribution in [-0.4, -0.2) is 26.9 Å². The third-order valence-corrected chi connectivity index (χ3v) is 6.22. The summed E-state index contributed by atoms with van der Waals surface area (Å²) in [5.74, 6) is -0.825. The van der Waals surface area contributed by atoms with E-state index in [4.69, 9.17) is 0 Å². The lowest BCUT2D eigenvalue weighted by Crippen LogP contribution is -2.36. The smallest absolute Gasteiger partial charge is 0.258 e. The van der Waals surface area contributed by atoms with E-state index in [9.17, 15) is 17.6 Å². The van der Waals surface area contributed by atoms with E-state index in [1.807, 2.05) is 6.07 Å². The predicted octanol–water partition coefficient (Wildman–Crippen LogP) is 2.86. The van der Waals surface area contributed by atoms with E-state index in [2.05, 4.69) is 4.72 Å². The largest absolute Gasteiger partial charge is 0.305 e. The Bertz CT molecular complexity index is 970. The van der Waals surface area contributed by atoms with Gasteiger partial charge in [-0.3, -0.25) is 4.79 Å². The van der Waals surface area contributed by atoms with Crippen molar-refractivity contribution in [2.24, 2.45) is 0 Å². The fourth-order valence-corrected chi connectivity index (χ4v) is 4.60. The van der Waals surface area contributed by atoms with Gasteiger partial charge in [-0.05, 0) is 55.5 Å². The SMILES string of the molecule is O=C(c1cccc(S(=O)(=O)NC2CC2)c1)N1CCCc2cccc(F)c21. The average molecular weight is 374 g/mol. The Morgan fingerprint density at radius 3 is 2.69 bits per heavy atom. The first kappa shape index (κ1) is 17.2. The third kappa shape index (κ3) is 3.24. The van der Waals surface area contributed by atoms with Gasteiger partial charge in [-0.25, -0.2) is 17.5 Å². The van der Waals surface area contributed by atoms with Gasteiger partial charge < -0.3 is 4.90 Å². The van der Waals surface area contributed by atoms with Crippen LogP contribution in [0.4, 0.5) is 10.1 Å². The van der Waals surface area contributed by atoms with Crippen LogP contribution >= 0.6 is 0 Å². The molecule has 0 unspecified atom stereocenters. The topological polar surface area (TPSA) is 66.5 Å². The molecule has 1 aliphatic heterocycles. The predicted molar refractivity (Wildman–Crippen MR) is 96.2 cm³/mol. The zero-order chi connectivity index (χ0) is 18.3. The molecule has 5 nitrogen and oxygen atoms in total. The zero-order valence-electron chi connectivity index (χ0n) is 14.1. The Kier molecular flexibility index (Phi) is 4.28. The molecule has 0 spiro atoms. The Hall–Kier alpha value is -2.25. The summed E-state index contributed by atoms with van der Waals surface area (Å²) in [6.07, 6.45) is 3.13. The molecule has 1 saturated carbocycles. The molecule has 1 heterocycles. The van der Waals surface area contributed by atoms with Gasteiger partial charge in [0, 0.05) is 18.2 Å². The molecule has 0 atom stereocenters. The van der Waals surface area contributed by atoms with E-state index in [1.165, 1.54) is 23.1 Å². The van der Waals surface area contributed by atoms with Crippen LogP contribution in [0.15, 0.2) is 47.4 Å². The second kappa shape index (κ2) is 6.48. The van der Waals surface area contributed by atoms with Crippen LogP contribution in [0.3, 0.4) is 0 Å². The fourth-order valence-electron chi connectivity index (χ4n) is 3.25. The van der Waals surface area contributed by atoms with Crippen LogP contribution in [0.5, 0.6) is 0 Å². The van der Waals surface area contributed by atoms with Crippen molar-refractivity contribution in [3.05, 3.63) is 59.4 Å². The van der Waals surface area contributed by atoms with Gasteiger partial charge in [-0.1, -0.05) is 18.2 Å². The van der Waals surface area contributed by atoms with Crippen LogP contribution in [0.25, 0.3) is 0 Å². The second-order valence-corrected chi connectivity index (χ2v) is 8.45. The highest BCUT2D eigenvalue weighted by molar-refractivity contribution is 7.89. The van der Waals surface area contributed by atoms with Crippen LogP contribution in [-0.2, 0) is 16.4 Å². The minimum absolute atomic E-state index is 0.0116. The van der Waals surface area contributed by atoms with E-state index in [0.717, 1.165) is 31.2 Å². The summed E-state index contributed by atoms with van der Waals surface area (Å²) in [6.45, 7) is 0.407. The molecule has 0 radical (unpaired) electrons. The van der Waals surface area contributed by atoms with E-state index in [1.54, 1.807) is 18.2 Å². The normalized spacial score (nSPS) is 17.0. The molecule has 1 fully saturated rings. The highest BCUT2D eigenvalue weighted by Crippen LogP contribution is 2.31. The number of sulfonamides is 1. The van der Waals surface area contributed by atoms with Crippen molar-refractivity contribution < 1.29 is 17.6 Å². The number of nitrogens with zero attached hydrogens (tertiary/aromatic N) is 1. The van der Waals surface area contributed by atoms with E-state index >= 15 is 0 Å². The molecule has 1 amide bonds. The molecule has 1 N–H and O–H groups in total. The second-order valence-electron chi connectivity index (χ2n) is 6.73. The van der Waals surface area contributed by atoms with Crippen molar-refractivity contribution >= 4 is 21.6 Å². The maximum Gasteiger partial charge on any atom is 0.258 e. The monoisotopic (exact) mass is 374 g/mol. The number of fused-ring (bicyclic) bond motifs is 1. The summed E-state index contributed by atoms with van der Waals surface area (Å²) in [5.41, 5.74) is 1.33. The molecule has 0 aromatic heterocycles. The van der Waals surface area contributed by atoms with Crippen molar-refractivity contribution in [1.82, 2.24) is 4.72 Å². The standard InChI is InChI=1S/C19H19FN2O3S/c20-17-8-2-4-13-6-3-11-22(18(13)17)19(23)14-5-1-7-16(12-14)26(24,25)21-15-9-10-15/h1-2,4-5,7-8,12,15,21H,3,6,9-11H2. The number of hydrogen-bond donors (Lipinski definition) is 1. The van der Waals surface area contributed by atoms with Crippen molar-refractivity contribution in [3.8, 4) is 0 Å². The van der Waals surface area contributed by atoms with Gasteiger partial charge >= 0.3 is 0 Å². The maximum atomic E-state index is 14.3. The lowest BCUT2D eigenvalue weighted by molar-refractivity contribution is 0.0984. The van der Waals surface area contributed by atoms with Crippen LogP contribution in [0.2, 0.25) is 0 Å². The highest BCUT2D eigenvalue weighted by atomic mass is 32.2. The molecule has 2 aromatic carbocycles. The minimum atomic E-state index is -3.65. The van der Waals surface area contributed by atoms with Gasteiger partial charge in [0.2, 0.25) is 10.0 Å². The van der Waals surface area contributed by atoms with Crippen molar-refractivity contribution in [2.45, 2.75) is 36.6 Å².